The molecule has 0 atom stereocenters. The van der Waals surface area contributed by atoms with Crippen molar-refractivity contribution in [3.8, 4) is 0 Å². The Labute approximate surface area is 77.6 Å². The topological polar surface area (TPSA) is 17.1 Å². The molecule has 11 heavy (non-hydrogen) atoms. The van der Waals surface area contributed by atoms with Crippen LogP contribution in [0.15, 0.2) is 15.9 Å². The van der Waals surface area contributed by atoms with Crippen LogP contribution in [0, 0.1) is 0 Å². The van der Waals surface area contributed by atoms with E-state index < -0.39 is 0 Å². The molecular weight excluding hydrogens is 224 g/mol. The second-order valence-corrected chi connectivity index (χ2v) is 4.67. The second kappa shape index (κ2) is 2.72. The molecule has 0 aromatic carbocycles. The molecule has 2 rings (SSSR count). The molecule has 1 heterocycles. The largest absolute Gasteiger partial charge is 0.300 e. The fraction of sp³-hybridized carbons (Fsp3) is 0.375. The van der Waals surface area contributed by atoms with E-state index >= 15 is 0 Å². The van der Waals surface area contributed by atoms with Gasteiger partial charge in [0.25, 0.3) is 0 Å². The lowest BCUT2D eigenvalue weighted by Gasteiger charge is -2.22. The molecule has 1 fully saturated rings. The second-order valence-electron chi connectivity index (χ2n) is 2.81. The summed E-state index contributed by atoms with van der Waals surface area (Å²) in [5.41, 5.74) is 0. The summed E-state index contributed by atoms with van der Waals surface area (Å²) in [6.45, 7) is 0. The molecule has 0 saturated heterocycles. The molecule has 58 valence electrons. The molecule has 1 saturated carbocycles. The van der Waals surface area contributed by atoms with Crippen LogP contribution in [0.25, 0.3) is 0 Å². The number of carbonyl (C=O) groups excluding carboxylic acids is 1. The molecule has 1 aromatic heterocycles. The van der Waals surface area contributed by atoms with E-state index in [1.165, 1.54) is 4.88 Å². The van der Waals surface area contributed by atoms with E-state index in [9.17, 15) is 4.79 Å². The van der Waals surface area contributed by atoms with Crippen LogP contribution in [0.3, 0.4) is 0 Å². The van der Waals surface area contributed by atoms with E-state index in [0.29, 0.717) is 11.7 Å². The van der Waals surface area contributed by atoms with Crippen molar-refractivity contribution in [2.75, 3.05) is 0 Å². The Morgan fingerprint density at radius 3 is 2.73 bits per heavy atom. The zero-order valence-electron chi connectivity index (χ0n) is 5.84. The van der Waals surface area contributed by atoms with Crippen LogP contribution in [0.2, 0.25) is 0 Å². The summed E-state index contributed by atoms with van der Waals surface area (Å²) < 4.78 is 1.14. The van der Waals surface area contributed by atoms with E-state index in [4.69, 9.17) is 0 Å². The lowest BCUT2D eigenvalue weighted by atomic mass is 9.83. The molecule has 3 heteroatoms. The standard InChI is InChI=1S/C8H7BrOS/c9-6-3-8(11-4-6)5-1-7(10)2-5/h3-5H,1-2H2. The molecule has 0 radical (unpaired) electrons. The minimum absolute atomic E-state index is 0.402. The molecule has 0 amide bonds. The zero-order chi connectivity index (χ0) is 7.84. The molecular formula is C8H7BrOS. The number of Topliss-reactive ketones (excluding diaryl/α,β-unsaturated/α-hetero) is 1. The Balaban J connectivity index is 2.12. The summed E-state index contributed by atoms with van der Waals surface area (Å²) in [6, 6.07) is 2.11. The van der Waals surface area contributed by atoms with Gasteiger partial charge in [-0.15, -0.1) is 11.3 Å². The van der Waals surface area contributed by atoms with Gasteiger partial charge in [0, 0.05) is 33.5 Å². The third-order valence-corrected chi connectivity index (χ3v) is 3.79. The maximum absolute atomic E-state index is 10.7. The van der Waals surface area contributed by atoms with Crippen LogP contribution in [0.4, 0.5) is 0 Å². The highest BCUT2D eigenvalue weighted by atomic mass is 79.9. The third-order valence-electron chi connectivity index (χ3n) is 1.94. The quantitative estimate of drug-likeness (QED) is 0.726. The van der Waals surface area contributed by atoms with Gasteiger partial charge in [-0.25, -0.2) is 0 Å². The first kappa shape index (κ1) is 7.50. The van der Waals surface area contributed by atoms with E-state index in [1.54, 1.807) is 11.3 Å². The van der Waals surface area contributed by atoms with Gasteiger partial charge in [-0.1, -0.05) is 0 Å². The average Bonchev–Trinajstić information content (AvgIpc) is 2.29. The number of hydrogen-bond donors (Lipinski definition) is 0. The van der Waals surface area contributed by atoms with E-state index in [1.807, 2.05) is 0 Å². The summed E-state index contributed by atoms with van der Waals surface area (Å²) in [5.74, 6) is 0.929. The Morgan fingerprint density at radius 1 is 1.55 bits per heavy atom. The monoisotopic (exact) mass is 230 g/mol. The van der Waals surface area contributed by atoms with Crippen LogP contribution in [-0.4, -0.2) is 5.78 Å². The smallest absolute Gasteiger partial charge is 0.134 e. The van der Waals surface area contributed by atoms with E-state index in [0.717, 1.165) is 17.3 Å². The maximum Gasteiger partial charge on any atom is 0.134 e. The Morgan fingerprint density at radius 2 is 2.27 bits per heavy atom. The molecule has 1 aliphatic carbocycles. The van der Waals surface area contributed by atoms with Crippen LogP contribution in [0.1, 0.15) is 23.6 Å². The van der Waals surface area contributed by atoms with Crippen LogP contribution in [-0.2, 0) is 4.79 Å². The minimum atomic E-state index is 0.402. The number of hydrogen-bond acceptors (Lipinski definition) is 2. The fourth-order valence-electron chi connectivity index (χ4n) is 1.23. The third kappa shape index (κ3) is 1.40. The first-order valence-corrected chi connectivity index (χ1v) is 5.18. The molecule has 0 unspecified atom stereocenters. The SMILES string of the molecule is O=C1CC(c2cc(Br)cs2)C1. The highest BCUT2D eigenvalue weighted by molar-refractivity contribution is 9.10. The van der Waals surface area contributed by atoms with Gasteiger partial charge in [0.2, 0.25) is 0 Å². The summed E-state index contributed by atoms with van der Waals surface area (Å²) in [7, 11) is 0. The fourth-order valence-corrected chi connectivity index (χ4v) is 2.78. The van der Waals surface area contributed by atoms with Gasteiger partial charge in [0.1, 0.15) is 5.78 Å². The minimum Gasteiger partial charge on any atom is -0.300 e. The van der Waals surface area contributed by atoms with Gasteiger partial charge in [-0.2, -0.15) is 0 Å². The predicted octanol–water partition coefficient (Wildman–Crippen LogP) is 2.96. The maximum atomic E-state index is 10.7. The Kier molecular flexibility index (Phi) is 1.85. The first-order chi connectivity index (χ1) is 5.25. The molecule has 0 spiro atoms. The van der Waals surface area contributed by atoms with Crippen molar-refractivity contribution in [3.05, 3.63) is 20.8 Å². The van der Waals surface area contributed by atoms with Gasteiger partial charge >= 0.3 is 0 Å². The van der Waals surface area contributed by atoms with Gasteiger partial charge < -0.3 is 0 Å². The number of thiophene rings is 1. The molecule has 0 N–H and O–H groups in total. The number of ketones is 1. The van der Waals surface area contributed by atoms with Crippen LogP contribution >= 0.6 is 27.3 Å². The van der Waals surface area contributed by atoms with Crippen LogP contribution < -0.4 is 0 Å². The molecule has 1 aliphatic rings. The van der Waals surface area contributed by atoms with Gasteiger partial charge in [-0.05, 0) is 22.0 Å². The summed E-state index contributed by atoms with van der Waals surface area (Å²) in [6.07, 6.45) is 1.51. The Bertz CT molecular complexity index is 284. The molecule has 0 bridgehead atoms. The summed E-state index contributed by atoms with van der Waals surface area (Å²) >= 11 is 5.13. The molecule has 0 aliphatic heterocycles. The lowest BCUT2D eigenvalue weighted by Crippen LogP contribution is -2.19. The van der Waals surface area contributed by atoms with Crippen molar-refractivity contribution >= 4 is 33.0 Å². The number of carbonyl (C=O) groups is 1. The number of rotatable bonds is 1. The molecule has 1 nitrogen and oxygen atoms in total. The average molecular weight is 231 g/mol. The van der Waals surface area contributed by atoms with Crippen molar-refractivity contribution in [1.29, 1.82) is 0 Å². The zero-order valence-corrected chi connectivity index (χ0v) is 8.24. The van der Waals surface area contributed by atoms with Crippen molar-refractivity contribution < 1.29 is 4.79 Å². The van der Waals surface area contributed by atoms with Gasteiger partial charge in [0.15, 0.2) is 0 Å². The van der Waals surface area contributed by atoms with E-state index in [2.05, 4.69) is 27.4 Å². The van der Waals surface area contributed by atoms with Crippen molar-refractivity contribution in [3.63, 3.8) is 0 Å². The van der Waals surface area contributed by atoms with Gasteiger partial charge in [0.05, 0.1) is 0 Å². The highest BCUT2D eigenvalue weighted by Gasteiger charge is 2.28. The van der Waals surface area contributed by atoms with Crippen molar-refractivity contribution in [2.45, 2.75) is 18.8 Å². The predicted molar refractivity (Wildman–Crippen MR) is 49.0 cm³/mol. The van der Waals surface area contributed by atoms with Crippen molar-refractivity contribution in [1.82, 2.24) is 0 Å². The van der Waals surface area contributed by atoms with Gasteiger partial charge in [-0.3, -0.25) is 4.79 Å². The summed E-state index contributed by atoms with van der Waals surface area (Å²) in [5, 5.41) is 2.07. The normalized spacial score (nSPS) is 18.5. The van der Waals surface area contributed by atoms with E-state index in [-0.39, 0.29) is 0 Å². The molecule has 1 aromatic rings. The van der Waals surface area contributed by atoms with Crippen LogP contribution in [0.5, 0.6) is 0 Å². The Hall–Kier alpha value is -0.150. The highest BCUT2D eigenvalue weighted by Crippen LogP contribution is 2.37. The van der Waals surface area contributed by atoms with Crippen molar-refractivity contribution in [2.24, 2.45) is 0 Å². The summed E-state index contributed by atoms with van der Waals surface area (Å²) in [4.78, 5) is 12.0. The first-order valence-electron chi connectivity index (χ1n) is 3.51. The number of halogens is 1. The lowest BCUT2D eigenvalue weighted by molar-refractivity contribution is -0.124.